The first-order valence-corrected chi connectivity index (χ1v) is 9.01. The minimum Gasteiger partial charge on any atom is -0.473 e. The summed E-state index contributed by atoms with van der Waals surface area (Å²) >= 11 is 0. The highest BCUT2D eigenvalue weighted by Crippen LogP contribution is 2.12. The van der Waals surface area contributed by atoms with E-state index in [1.165, 1.54) is 0 Å². The van der Waals surface area contributed by atoms with Crippen LogP contribution in [0.3, 0.4) is 0 Å². The molecule has 1 aliphatic heterocycles. The molecule has 1 aromatic carbocycles. The Bertz CT molecular complexity index is 706. The number of nitrogens with one attached hydrogen (secondary N) is 2. The van der Waals surface area contributed by atoms with Crippen LogP contribution < -0.4 is 15.4 Å². The van der Waals surface area contributed by atoms with Gasteiger partial charge in [0.05, 0.1) is 6.10 Å². The van der Waals surface area contributed by atoms with E-state index in [9.17, 15) is 0 Å². The molecule has 1 aromatic heterocycles. The second-order valence-corrected chi connectivity index (χ2v) is 6.22. The fourth-order valence-corrected chi connectivity index (χ4v) is 2.79. The maximum Gasteiger partial charge on any atom is 0.213 e. The van der Waals surface area contributed by atoms with Gasteiger partial charge in [-0.05, 0) is 30.0 Å². The van der Waals surface area contributed by atoms with Crippen LogP contribution in [0.15, 0.2) is 53.7 Å². The molecule has 0 radical (unpaired) electrons. The SMILES string of the molecule is CN=C(NCc1ccnc(OCc2ccccc2)c1)NCC1CCCO1.I. The molecule has 2 heterocycles. The second kappa shape index (κ2) is 11.8. The number of halogens is 1. The smallest absolute Gasteiger partial charge is 0.213 e. The Balaban J connectivity index is 0.00000261. The summed E-state index contributed by atoms with van der Waals surface area (Å²) in [6, 6.07) is 14.0. The van der Waals surface area contributed by atoms with Crippen LogP contribution in [0, 0.1) is 0 Å². The molecule has 1 aliphatic rings. The third-order valence-corrected chi connectivity index (χ3v) is 4.23. The monoisotopic (exact) mass is 482 g/mol. The molecule has 0 aliphatic carbocycles. The van der Waals surface area contributed by atoms with E-state index >= 15 is 0 Å². The number of pyridine rings is 1. The zero-order valence-corrected chi connectivity index (χ0v) is 17.9. The Morgan fingerprint density at radius 2 is 2.07 bits per heavy atom. The van der Waals surface area contributed by atoms with Crippen LogP contribution in [-0.4, -0.2) is 37.2 Å². The highest BCUT2D eigenvalue weighted by Gasteiger charge is 2.15. The number of aromatic nitrogens is 1. The number of hydrogen-bond donors (Lipinski definition) is 2. The molecule has 1 unspecified atom stereocenters. The van der Waals surface area contributed by atoms with Crippen LogP contribution in [-0.2, 0) is 17.9 Å². The molecule has 0 saturated carbocycles. The zero-order valence-electron chi connectivity index (χ0n) is 15.6. The molecule has 0 spiro atoms. The van der Waals surface area contributed by atoms with E-state index in [4.69, 9.17) is 9.47 Å². The van der Waals surface area contributed by atoms with E-state index in [1.54, 1.807) is 13.2 Å². The summed E-state index contributed by atoms with van der Waals surface area (Å²) in [6.07, 6.45) is 4.30. The quantitative estimate of drug-likeness (QED) is 0.361. The van der Waals surface area contributed by atoms with Gasteiger partial charge in [-0.3, -0.25) is 4.99 Å². The minimum absolute atomic E-state index is 0. The standard InChI is InChI=1S/C20H26N4O2.HI/c1-21-20(24-14-18-8-5-11-25-18)23-13-17-9-10-22-19(12-17)26-15-16-6-3-2-4-7-16;/h2-4,6-7,9-10,12,18H,5,8,11,13-15H2,1H3,(H2,21,23,24);1H. The van der Waals surface area contributed by atoms with Gasteiger partial charge < -0.3 is 20.1 Å². The van der Waals surface area contributed by atoms with Crippen molar-refractivity contribution < 1.29 is 9.47 Å². The number of nitrogens with zero attached hydrogens (tertiary/aromatic N) is 2. The molecule has 6 nitrogen and oxygen atoms in total. The van der Waals surface area contributed by atoms with E-state index in [0.29, 0.717) is 19.0 Å². The third-order valence-electron chi connectivity index (χ3n) is 4.23. The number of aliphatic imine (C=N–C) groups is 1. The van der Waals surface area contributed by atoms with Crippen molar-refractivity contribution in [2.75, 3.05) is 20.2 Å². The average Bonchev–Trinajstić information content (AvgIpc) is 3.21. The van der Waals surface area contributed by atoms with Gasteiger partial charge in [0.1, 0.15) is 6.61 Å². The van der Waals surface area contributed by atoms with Gasteiger partial charge in [0, 0.05) is 39.0 Å². The zero-order chi connectivity index (χ0) is 18.0. The van der Waals surface area contributed by atoms with E-state index in [-0.39, 0.29) is 30.1 Å². The predicted octanol–water partition coefficient (Wildman–Crippen LogP) is 3.12. The van der Waals surface area contributed by atoms with Crippen molar-refractivity contribution in [3.8, 4) is 5.88 Å². The summed E-state index contributed by atoms with van der Waals surface area (Å²) in [5, 5.41) is 6.62. The summed E-state index contributed by atoms with van der Waals surface area (Å²) in [6.45, 7) is 2.80. The fourth-order valence-electron chi connectivity index (χ4n) is 2.79. The molecule has 7 heteroatoms. The first-order valence-electron chi connectivity index (χ1n) is 9.01. The summed E-state index contributed by atoms with van der Waals surface area (Å²) < 4.78 is 11.4. The largest absolute Gasteiger partial charge is 0.473 e. The average molecular weight is 482 g/mol. The Kier molecular flexibility index (Phi) is 9.34. The molecule has 1 atom stereocenters. The number of guanidine groups is 1. The molecule has 1 fully saturated rings. The van der Waals surface area contributed by atoms with Gasteiger partial charge in [-0.2, -0.15) is 0 Å². The van der Waals surface area contributed by atoms with Crippen molar-refractivity contribution in [3.05, 3.63) is 59.8 Å². The normalized spacial score (nSPS) is 16.5. The van der Waals surface area contributed by atoms with Crippen molar-refractivity contribution in [3.63, 3.8) is 0 Å². The van der Waals surface area contributed by atoms with E-state index in [1.807, 2.05) is 42.5 Å². The molecule has 27 heavy (non-hydrogen) atoms. The molecule has 0 bridgehead atoms. The van der Waals surface area contributed by atoms with Crippen molar-refractivity contribution in [2.45, 2.75) is 32.1 Å². The summed E-state index contributed by atoms with van der Waals surface area (Å²) in [7, 11) is 1.77. The van der Waals surface area contributed by atoms with E-state index < -0.39 is 0 Å². The Hall–Kier alpha value is -1.87. The molecule has 1 saturated heterocycles. The molecule has 3 rings (SSSR count). The van der Waals surface area contributed by atoms with Gasteiger partial charge in [-0.25, -0.2) is 4.98 Å². The first-order chi connectivity index (χ1) is 12.8. The fraction of sp³-hybridized carbons (Fsp3) is 0.400. The van der Waals surface area contributed by atoms with Crippen LogP contribution in [0.25, 0.3) is 0 Å². The van der Waals surface area contributed by atoms with Gasteiger partial charge in [0.25, 0.3) is 0 Å². The topological polar surface area (TPSA) is 67.8 Å². The molecule has 2 N–H and O–H groups in total. The van der Waals surface area contributed by atoms with Crippen LogP contribution in [0.4, 0.5) is 0 Å². The summed E-state index contributed by atoms with van der Waals surface area (Å²) in [4.78, 5) is 8.53. The molecular weight excluding hydrogens is 455 g/mol. The van der Waals surface area contributed by atoms with E-state index in [0.717, 1.165) is 43.1 Å². The molecule has 146 valence electrons. The van der Waals surface area contributed by atoms with E-state index in [2.05, 4.69) is 20.6 Å². The lowest BCUT2D eigenvalue weighted by Crippen LogP contribution is -2.40. The first kappa shape index (κ1) is 21.4. The molecule has 0 amide bonds. The highest BCUT2D eigenvalue weighted by atomic mass is 127. The lowest BCUT2D eigenvalue weighted by molar-refractivity contribution is 0.114. The number of hydrogen-bond acceptors (Lipinski definition) is 4. The van der Waals surface area contributed by atoms with Crippen LogP contribution in [0.2, 0.25) is 0 Å². The van der Waals surface area contributed by atoms with Crippen molar-refractivity contribution in [1.29, 1.82) is 0 Å². The van der Waals surface area contributed by atoms with Gasteiger partial charge >= 0.3 is 0 Å². The summed E-state index contributed by atoms with van der Waals surface area (Å²) in [5.41, 5.74) is 2.21. The Labute approximate surface area is 177 Å². The molecular formula is C20H27IN4O2. The lowest BCUT2D eigenvalue weighted by Gasteiger charge is -2.15. The second-order valence-electron chi connectivity index (χ2n) is 6.22. The number of rotatable bonds is 7. The van der Waals surface area contributed by atoms with Crippen LogP contribution in [0.5, 0.6) is 5.88 Å². The Morgan fingerprint density at radius 3 is 2.81 bits per heavy atom. The predicted molar refractivity (Wildman–Crippen MR) is 118 cm³/mol. The maximum atomic E-state index is 5.78. The Morgan fingerprint density at radius 1 is 1.22 bits per heavy atom. The van der Waals surface area contributed by atoms with Crippen LogP contribution in [0.1, 0.15) is 24.0 Å². The maximum absolute atomic E-state index is 5.78. The number of ether oxygens (including phenoxy) is 2. The van der Waals surface area contributed by atoms with Gasteiger partial charge in [-0.1, -0.05) is 30.3 Å². The highest BCUT2D eigenvalue weighted by molar-refractivity contribution is 14.0. The van der Waals surface area contributed by atoms with Gasteiger partial charge in [0.15, 0.2) is 5.96 Å². The number of benzene rings is 1. The van der Waals surface area contributed by atoms with Gasteiger partial charge in [-0.15, -0.1) is 24.0 Å². The lowest BCUT2D eigenvalue weighted by atomic mass is 10.2. The van der Waals surface area contributed by atoms with Gasteiger partial charge in [0.2, 0.25) is 5.88 Å². The van der Waals surface area contributed by atoms with Crippen LogP contribution >= 0.6 is 24.0 Å². The third kappa shape index (κ3) is 7.34. The van der Waals surface area contributed by atoms with Crippen molar-refractivity contribution >= 4 is 29.9 Å². The molecule has 2 aromatic rings. The van der Waals surface area contributed by atoms with Crippen molar-refractivity contribution in [1.82, 2.24) is 15.6 Å². The van der Waals surface area contributed by atoms with Crippen molar-refractivity contribution in [2.24, 2.45) is 4.99 Å². The summed E-state index contributed by atoms with van der Waals surface area (Å²) in [5.74, 6) is 1.39. The minimum atomic E-state index is 0.